The van der Waals surface area contributed by atoms with E-state index < -0.39 is 12.1 Å². The van der Waals surface area contributed by atoms with E-state index in [0.29, 0.717) is 17.4 Å². The van der Waals surface area contributed by atoms with E-state index in [2.05, 4.69) is 26.8 Å². The van der Waals surface area contributed by atoms with E-state index in [0.717, 1.165) is 64.5 Å². The first-order valence-corrected chi connectivity index (χ1v) is 9.89. The first kappa shape index (κ1) is 23.1. The third kappa shape index (κ3) is 11.6. The van der Waals surface area contributed by atoms with Gasteiger partial charge >= 0.3 is 5.97 Å². The maximum absolute atomic E-state index is 11.4. The molecule has 0 amide bonds. The smallest absolute Gasteiger partial charge is 0.359 e. The molecule has 0 heterocycles. The minimum absolute atomic E-state index is 0.128. The topological polar surface area (TPSA) is 57.5 Å². The zero-order chi connectivity index (χ0) is 18.3. The molecule has 0 aromatic rings. The number of unbranched alkanes of at least 4 members (excludes halogenated alkanes) is 5. The Morgan fingerprint density at radius 2 is 1.54 bits per heavy atom. The Hall–Kier alpha value is -0.870. The summed E-state index contributed by atoms with van der Waals surface area (Å²) >= 11 is 0. The number of aliphatic hydroxyl groups is 1. The lowest BCUT2D eigenvalue weighted by Gasteiger charge is -2.39. The number of aliphatic carboxylic acids is 1. The van der Waals surface area contributed by atoms with Crippen LogP contribution in [0.25, 0.3) is 0 Å². The van der Waals surface area contributed by atoms with Crippen LogP contribution in [0.3, 0.4) is 0 Å². The molecule has 142 valence electrons. The maximum atomic E-state index is 11.4. The van der Waals surface area contributed by atoms with Crippen molar-refractivity contribution >= 4 is 5.97 Å². The maximum Gasteiger partial charge on any atom is 0.359 e. The van der Waals surface area contributed by atoms with Gasteiger partial charge in [0.2, 0.25) is 0 Å². The van der Waals surface area contributed by atoms with Crippen molar-refractivity contribution < 1.29 is 19.5 Å². The van der Waals surface area contributed by atoms with Crippen LogP contribution in [-0.2, 0) is 4.79 Å². The number of hydrogen-bond donors (Lipinski definition) is 2. The molecule has 0 radical (unpaired) electrons. The van der Waals surface area contributed by atoms with Crippen molar-refractivity contribution in [3.63, 3.8) is 0 Å². The lowest BCUT2D eigenvalue weighted by atomic mass is 10.1. The van der Waals surface area contributed by atoms with Crippen LogP contribution in [0.5, 0.6) is 0 Å². The Labute approximate surface area is 149 Å². The van der Waals surface area contributed by atoms with Gasteiger partial charge < -0.3 is 14.7 Å². The summed E-state index contributed by atoms with van der Waals surface area (Å²) in [6, 6.07) is 0. The van der Waals surface area contributed by atoms with Crippen LogP contribution in [0.1, 0.15) is 78.6 Å². The summed E-state index contributed by atoms with van der Waals surface area (Å²) in [5.74, 6) is -0.753. The second-order valence-corrected chi connectivity index (χ2v) is 7.09. The van der Waals surface area contributed by atoms with E-state index in [4.69, 9.17) is 0 Å². The number of nitrogens with zero attached hydrogens (tertiary/aromatic N) is 1. The van der Waals surface area contributed by atoms with E-state index in [1.165, 1.54) is 0 Å². The standard InChI is InChI=1S/C20H39NO3/c1-4-7-10-11-14-19(22)17-21(18-20(23)24,15-12-8-5-2)16-13-9-6-3/h10-11,19,22H,4-9,12-18H2,1-3H3/p+1/b11-10+. The predicted molar refractivity (Wildman–Crippen MR) is 101 cm³/mol. The first-order valence-electron chi connectivity index (χ1n) is 9.89. The van der Waals surface area contributed by atoms with E-state index in [-0.39, 0.29) is 6.54 Å². The molecule has 0 fully saturated rings. The Balaban J connectivity index is 4.88. The Morgan fingerprint density at radius 3 is 2.00 bits per heavy atom. The van der Waals surface area contributed by atoms with Crippen LogP contribution in [0.2, 0.25) is 0 Å². The average Bonchev–Trinajstić information content (AvgIpc) is 2.51. The van der Waals surface area contributed by atoms with Crippen molar-refractivity contribution in [2.75, 3.05) is 26.2 Å². The van der Waals surface area contributed by atoms with Gasteiger partial charge in [0.05, 0.1) is 13.1 Å². The highest BCUT2D eigenvalue weighted by Crippen LogP contribution is 2.16. The zero-order valence-electron chi connectivity index (χ0n) is 16.2. The van der Waals surface area contributed by atoms with Gasteiger partial charge in [-0.15, -0.1) is 0 Å². The Kier molecular flexibility index (Phi) is 13.9. The molecule has 0 aromatic heterocycles. The van der Waals surface area contributed by atoms with Gasteiger partial charge in [-0.2, -0.15) is 0 Å². The van der Waals surface area contributed by atoms with Crippen molar-refractivity contribution in [1.82, 2.24) is 0 Å². The zero-order valence-corrected chi connectivity index (χ0v) is 16.2. The van der Waals surface area contributed by atoms with Crippen LogP contribution in [0, 0.1) is 0 Å². The summed E-state index contributed by atoms with van der Waals surface area (Å²) in [5.41, 5.74) is 0. The van der Waals surface area contributed by atoms with Gasteiger partial charge in [0.15, 0.2) is 6.54 Å². The molecule has 0 aliphatic heterocycles. The molecular formula is C20H40NO3+. The third-order valence-electron chi connectivity index (χ3n) is 4.57. The average molecular weight is 343 g/mol. The van der Waals surface area contributed by atoms with Crippen LogP contribution in [0.15, 0.2) is 12.2 Å². The number of carboxylic acids is 1. The molecule has 0 saturated heterocycles. The number of hydrogen-bond acceptors (Lipinski definition) is 2. The van der Waals surface area contributed by atoms with Crippen LogP contribution in [-0.4, -0.2) is 52.9 Å². The molecule has 24 heavy (non-hydrogen) atoms. The summed E-state index contributed by atoms with van der Waals surface area (Å²) in [7, 11) is 0. The third-order valence-corrected chi connectivity index (χ3v) is 4.57. The van der Waals surface area contributed by atoms with E-state index in [1.807, 2.05) is 6.08 Å². The first-order chi connectivity index (χ1) is 11.5. The molecule has 0 bridgehead atoms. The minimum atomic E-state index is -0.753. The molecule has 0 rings (SSSR count). The van der Waals surface area contributed by atoms with Gasteiger partial charge in [0.25, 0.3) is 0 Å². The van der Waals surface area contributed by atoms with Gasteiger partial charge in [-0.1, -0.05) is 52.2 Å². The predicted octanol–water partition coefficient (Wildman–Crippen LogP) is 4.38. The van der Waals surface area contributed by atoms with E-state index in [9.17, 15) is 15.0 Å². The molecule has 0 aliphatic rings. The van der Waals surface area contributed by atoms with Crippen molar-refractivity contribution in [2.24, 2.45) is 0 Å². The number of allylic oxidation sites excluding steroid dienone is 1. The molecule has 1 unspecified atom stereocenters. The number of rotatable bonds is 16. The highest BCUT2D eigenvalue weighted by molar-refractivity contribution is 5.67. The quantitative estimate of drug-likeness (QED) is 0.249. The summed E-state index contributed by atoms with van der Waals surface area (Å²) in [6.45, 7) is 8.86. The summed E-state index contributed by atoms with van der Waals surface area (Å²) < 4.78 is 0.526. The monoisotopic (exact) mass is 342 g/mol. The Bertz CT molecular complexity index is 332. The molecule has 2 N–H and O–H groups in total. The Morgan fingerprint density at radius 1 is 0.958 bits per heavy atom. The molecule has 4 nitrogen and oxygen atoms in total. The molecule has 0 saturated carbocycles. The van der Waals surface area contributed by atoms with Crippen molar-refractivity contribution in [3.8, 4) is 0 Å². The highest BCUT2D eigenvalue weighted by atomic mass is 16.4. The van der Waals surface area contributed by atoms with Gasteiger partial charge in [0.1, 0.15) is 12.6 Å². The molecule has 0 aromatic carbocycles. The van der Waals surface area contributed by atoms with E-state index in [1.54, 1.807) is 0 Å². The molecule has 4 heteroatoms. The molecule has 1 atom stereocenters. The fraction of sp³-hybridized carbons (Fsp3) is 0.850. The number of quaternary nitrogens is 1. The lowest BCUT2D eigenvalue weighted by Crippen LogP contribution is -2.56. The number of carboxylic acid groups (broad SMARTS) is 1. The van der Waals surface area contributed by atoms with Gasteiger partial charge in [-0.25, -0.2) is 4.79 Å². The lowest BCUT2D eigenvalue weighted by molar-refractivity contribution is -0.924. The van der Waals surface area contributed by atoms with Crippen LogP contribution >= 0.6 is 0 Å². The van der Waals surface area contributed by atoms with E-state index >= 15 is 0 Å². The van der Waals surface area contributed by atoms with Crippen LogP contribution in [0.4, 0.5) is 0 Å². The fourth-order valence-corrected chi connectivity index (χ4v) is 3.26. The molecule has 0 spiro atoms. The summed E-state index contributed by atoms with van der Waals surface area (Å²) in [4.78, 5) is 11.4. The van der Waals surface area contributed by atoms with Gasteiger partial charge in [-0.05, 0) is 38.5 Å². The van der Waals surface area contributed by atoms with Crippen molar-refractivity contribution in [2.45, 2.75) is 84.7 Å². The molecule has 0 aliphatic carbocycles. The second kappa shape index (κ2) is 14.5. The SMILES string of the molecule is CCC/C=C/CC(O)C[N+](CCCCC)(CCCCC)CC(=O)O. The van der Waals surface area contributed by atoms with Gasteiger partial charge in [-0.3, -0.25) is 0 Å². The molecular weight excluding hydrogens is 302 g/mol. The van der Waals surface area contributed by atoms with Crippen molar-refractivity contribution in [3.05, 3.63) is 12.2 Å². The van der Waals surface area contributed by atoms with Crippen molar-refractivity contribution in [1.29, 1.82) is 0 Å². The number of carbonyl (C=O) groups is 1. The minimum Gasteiger partial charge on any atom is -0.477 e. The highest BCUT2D eigenvalue weighted by Gasteiger charge is 2.32. The second-order valence-electron chi connectivity index (χ2n) is 7.09. The largest absolute Gasteiger partial charge is 0.477 e. The fourth-order valence-electron chi connectivity index (χ4n) is 3.26. The van der Waals surface area contributed by atoms with Gasteiger partial charge in [0, 0.05) is 0 Å². The summed E-state index contributed by atoms with van der Waals surface area (Å²) in [6.07, 6.45) is 13.1. The summed E-state index contributed by atoms with van der Waals surface area (Å²) in [5, 5.41) is 19.9. The normalized spacial score (nSPS) is 13.5. The number of aliphatic hydroxyl groups excluding tert-OH is 1. The van der Waals surface area contributed by atoms with Crippen LogP contribution < -0.4 is 0 Å².